The summed E-state index contributed by atoms with van der Waals surface area (Å²) in [6.45, 7) is 3.92. The molecule has 0 unspecified atom stereocenters. The lowest BCUT2D eigenvalue weighted by molar-refractivity contribution is 0.465. The summed E-state index contributed by atoms with van der Waals surface area (Å²) in [5.41, 5.74) is 2.55. The second-order valence-corrected chi connectivity index (χ2v) is 8.47. The van der Waals surface area contributed by atoms with Gasteiger partial charge in [0.05, 0.1) is 20.8 Å². The van der Waals surface area contributed by atoms with Gasteiger partial charge in [0, 0.05) is 31.9 Å². The van der Waals surface area contributed by atoms with Crippen LogP contribution in [0.4, 0.5) is 0 Å². The van der Waals surface area contributed by atoms with E-state index in [0.29, 0.717) is 0 Å². The molecule has 0 aliphatic rings. The van der Waals surface area contributed by atoms with Crippen LogP contribution >= 0.6 is 34.8 Å². The number of aromatic nitrogens is 2. The Morgan fingerprint density at radius 3 is 2.22 bits per heavy atom. The third kappa shape index (κ3) is 3.51. The lowest BCUT2D eigenvalue weighted by atomic mass is 10.2. The van der Waals surface area contributed by atoms with Gasteiger partial charge in [-0.25, -0.2) is 8.42 Å². The highest BCUT2D eigenvalue weighted by molar-refractivity contribution is 7.89. The largest absolute Gasteiger partial charge is 0.272 e. The molecule has 2 aromatic rings. The Labute approximate surface area is 150 Å². The summed E-state index contributed by atoms with van der Waals surface area (Å²) in [4.78, 5) is -0.0738. The first-order valence-corrected chi connectivity index (χ1v) is 9.23. The van der Waals surface area contributed by atoms with Crippen molar-refractivity contribution in [2.75, 3.05) is 7.05 Å². The van der Waals surface area contributed by atoms with Crippen molar-refractivity contribution in [1.82, 2.24) is 14.1 Å². The second kappa shape index (κ2) is 6.61. The maximum Gasteiger partial charge on any atom is 0.244 e. The van der Waals surface area contributed by atoms with Crippen molar-refractivity contribution < 1.29 is 8.42 Å². The van der Waals surface area contributed by atoms with E-state index in [1.807, 2.05) is 20.9 Å². The predicted octanol–water partition coefficient (Wildman–Crippen LogP) is 3.82. The van der Waals surface area contributed by atoms with Crippen LogP contribution in [0.15, 0.2) is 17.0 Å². The van der Waals surface area contributed by atoms with Gasteiger partial charge < -0.3 is 0 Å². The normalized spacial score (nSPS) is 12.2. The SMILES string of the molecule is Cc1nn(C)c(C)c1CN(C)S(=O)(=O)c1cc(Cl)c(Cl)cc1Cl. The fourth-order valence-corrected chi connectivity index (χ4v) is 4.33. The van der Waals surface area contributed by atoms with E-state index in [-0.39, 0.29) is 26.5 Å². The summed E-state index contributed by atoms with van der Waals surface area (Å²) < 4.78 is 28.5. The van der Waals surface area contributed by atoms with Gasteiger partial charge in [-0.1, -0.05) is 34.8 Å². The van der Waals surface area contributed by atoms with E-state index in [9.17, 15) is 8.42 Å². The van der Waals surface area contributed by atoms with Crippen molar-refractivity contribution in [3.05, 3.63) is 44.2 Å². The number of nitrogens with zero attached hydrogens (tertiary/aromatic N) is 3. The zero-order valence-electron chi connectivity index (χ0n) is 13.1. The first-order valence-electron chi connectivity index (χ1n) is 6.65. The number of hydrogen-bond acceptors (Lipinski definition) is 3. The Morgan fingerprint density at radius 1 is 1.13 bits per heavy atom. The van der Waals surface area contributed by atoms with E-state index in [0.717, 1.165) is 17.0 Å². The molecule has 0 saturated heterocycles. The average Bonchev–Trinajstić information content (AvgIpc) is 2.69. The molecule has 0 fully saturated rings. The molecule has 0 atom stereocenters. The number of sulfonamides is 1. The molecule has 0 N–H and O–H groups in total. The summed E-state index contributed by atoms with van der Waals surface area (Å²) in [5, 5.41) is 4.67. The third-order valence-electron chi connectivity index (χ3n) is 3.70. The highest BCUT2D eigenvalue weighted by Gasteiger charge is 2.26. The van der Waals surface area contributed by atoms with Crippen molar-refractivity contribution in [2.24, 2.45) is 7.05 Å². The number of halogens is 3. The lowest BCUT2D eigenvalue weighted by Crippen LogP contribution is -2.27. The molecule has 9 heteroatoms. The van der Waals surface area contributed by atoms with Crippen molar-refractivity contribution >= 4 is 44.8 Å². The van der Waals surface area contributed by atoms with Gasteiger partial charge in [0.15, 0.2) is 0 Å². The minimum atomic E-state index is -3.81. The summed E-state index contributed by atoms with van der Waals surface area (Å²) in [5.74, 6) is 0. The van der Waals surface area contributed by atoms with Crippen LogP contribution in [0.25, 0.3) is 0 Å². The summed E-state index contributed by atoms with van der Waals surface area (Å²) >= 11 is 17.8. The van der Waals surface area contributed by atoms with Gasteiger partial charge in [-0.05, 0) is 26.0 Å². The fraction of sp³-hybridized carbons (Fsp3) is 0.357. The molecule has 0 saturated carbocycles. The molecular weight excluding hydrogens is 381 g/mol. The number of aryl methyl sites for hydroxylation is 2. The van der Waals surface area contributed by atoms with Gasteiger partial charge in [0.2, 0.25) is 10.0 Å². The monoisotopic (exact) mass is 395 g/mol. The average molecular weight is 397 g/mol. The van der Waals surface area contributed by atoms with Gasteiger partial charge in [-0.15, -0.1) is 0 Å². The molecule has 0 aliphatic heterocycles. The Kier molecular flexibility index (Phi) is 5.33. The Balaban J connectivity index is 2.42. The number of rotatable bonds is 4. The van der Waals surface area contributed by atoms with Crippen molar-refractivity contribution in [2.45, 2.75) is 25.3 Å². The van der Waals surface area contributed by atoms with Crippen LogP contribution in [0.1, 0.15) is 17.0 Å². The first kappa shape index (κ1) is 18.5. The predicted molar refractivity (Wildman–Crippen MR) is 92.8 cm³/mol. The molecule has 23 heavy (non-hydrogen) atoms. The zero-order valence-corrected chi connectivity index (χ0v) is 16.1. The fourth-order valence-electron chi connectivity index (χ4n) is 2.22. The van der Waals surface area contributed by atoms with Gasteiger partial charge in [-0.3, -0.25) is 4.68 Å². The van der Waals surface area contributed by atoms with Gasteiger partial charge >= 0.3 is 0 Å². The third-order valence-corrected chi connectivity index (χ3v) is 6.69. The Bertz CT molecular complexity index is 863. The molecule has 0 bridgehead atoms. The number of hydrogen-bond donors (Lipinski definition) is 0. The van der Waals surface area contributed by atoms with Crippen molar-refractivity contribution in [1.29, 1.82) is 0 Å². The van der Waals surface area contributed by atoms with E-state index in [2.05, 4.69) is 5.10 Å². The first-order chi connectivity index (χ1) is 10.6. The van der Waals surface area contributed by atoms with E-state index in [1.165, 1.54) is 23.5 Å². The quantitative estimate of drug-likeness (QED) is 0.738. The molecule has 0 amide bonds. The summed E-state index contributed by atoms with van der Waals surface area (Å²) in [6.07, 6.45) is 0. The van der Waals surface area contributed by atoms with Crippen LogP contribution in [-0.2, 0) is 23.6 Å². The Hall–Kier alpha value is -0.790. The second-order valence-electron chi connectivity index (χ2n) is 5.23. The molecule has 0 aliphatic carbocycles. The molecule has 1 aromatic heterocycles. The van der Waals surface area contributed by atoms with E-state index in [1.54, 1.807) is 4.68 Å². The molecule has 1 aromatic carbocycles. The minimum absolute atomic E-state index is 0.0332. The topological polar surface area (TPSA) is 55.2 Å². The van der Waals surface area contributed by atoms with Crippen LogP contribution in [0.3, 0.4) is 0 Å². The van der Waals surface area contributed by atoms with Gasteiger partial charge in [0.1, 0.15) is 4.90 Å². The van der Waals surface area contributed by atoms with Crippen molar-refractivity contribution in [3.63, 3.8) is 0 Å². The van der Waals surface area contributed by atoms with E-state index >= 15 is 0 Å². The smallest absolute Gasteiger partial charge is 0.244 e. The molecular formula is C14H16Cl3N3O2S. The number of benzene rings is 1. The minimum Gasteiger partial charge on any atom is -0.272 e. The molecule has 126 valence electrons. The van der Waals surface area contributed by atoms with Crippen LogP contribution in [0.5, 0.6) is 0 Å². The van der Waals surface area contributed by atoms with Gasteiger partial charge in [0.25, 0.3) is 0 Å². The maximum absolute atomic E-state index is 12.8. The van der Waals surface area contributed by atoms with Crippen molar-refractivity contribution in [3.8, 4) is 0 Å². The van der Waals surface area contributed by atoms with Crippen LogP contribution in [0, 0.1) is 13.8 Å². The Morgan fingerprint density at radius 2 is 1.70 bits per heavy atom. The highest BCUT2D eigenvalue weighted by Crippen LogP contribution is 2.33. The standard InChI is InChI=1S/C14H16Cl3N3O2S/c1-8-10(9(2)20(4)18-8)7-19(3)23(21,22)14-6-12(16)11(15)5-13(14)17/h5-6H,7H2,1-4H3. The highest BCUT2D eigenvalue weighted by atomic mass is 35.5. The lowest BCUT2D eigenvalue weighted by Gasteiger charge is -2.18. The van der Waals surface area contributed by atoms with E-state index < -0.39 is 10.0 Å². The molecule has 2 rings (SSSR count). The van der Waals surface area contributed by atoms with Gasteiger partial charge in [-0.2, -0.15) is 9.40 Å². The maximum atomic E-state index is 12.8. The summed E-state index contributed by atoms with van der Waals surface area (Å²) in [6, 6.07) is 2.59. The summed E-state index contributed by atoms with van der Waals surface area (Å²) in [7, 11) is -0.508. The van der Waals surface area contributed by atoms with E-state index in [4.69, 9.17) is 34.8 Å². The molecule has 1 heterocycles. The molecule has 0 spiro atoms. The van der Waals surface area contributed by atoms with Crippen LogP contribution < -0.4 is 0 Å². The zero-order chi connectivity index (χ0) is 17.5. The molecule has 0 radical (unpaired) electrons. The van der Waals surface area contributed by atoms with Crippen LogP contribution in [0.2, 0.25) is 15.1 Å². The molecule has 5 nitrogen and oxygen atoms in total. The van der Waals surface area contributed by atoms with Crippen LogP contribution in [-0.4, -0.2) is 29.6 Å².